The summed E-state index contributed by atoms with van der Waals surface area (Å²) in [6.45, 7) is 9.86. The van der Waals surface area contributed by atoms with E-state index in [1.807, 2.05) is 0 Å². The van der Waals surface area contributed by atoms with Crippen molar-refractivity contribution < 1.29 is 9.53 Å². The molecule has 0 aliphatic heterocycles. The lowest BCUT2D eigenvalue weighted by Crippen LogP contribution is -2.25. The van der Waals surface area contributed by atoms with E-state index in [4.69, 9.17) is 4.74 Å². The predicted molar refractivity (Wildman–Crippen MR) is 95.1 cm³/mol. The van der Waals surface area contributed by atoms with Crippen LogP contribution in [0.15, 0.2) is 12.2 Å². The van der Waals surface area contributed by atoms with Crippen LogP contribution >= 0.6 is 0 Å². The summed E-state index contributed by atoms with van der Waals surface area (Å²) in [6.07, 6.45) is 13.7. The average Bonchev–Trinajstić information content (AvgIpc) is 2.49. The lowest BCUT2D eigenvalue weighted by atomic mass is 10.1. The minimum atomic E-state index is -0.285. The molecule has 0 N–H and O–H groups in total. The molecule has 3 nitrogen and oxygen atoms in total. The predicted octanol–water partition coefficient (Wildman–Crippen LogP) is 4.96. The van der Waals surface area contributed by atoms with Gasteiger partial charge < -0.3 is 9.64 Å². The van der Waals surface area contributed by atoms with Crippen LogP contribution in [0.4, 0.5) is 0 Å². The molecule has 0 saturated carbocycles. The maximum atomic E-state index is 11.2. The number of esters is 1. The van der Waals surface area contributed by atoms with Gasteiger partial charge >= 0.3 is 5.97 Å². The molecule has 0 bridgehead atoms. The Balaban J connectivity index is 3.26. The van der Waals surface area contributed by atoms with E-state index in [-0.39, 0.29) is 5.97 Å². The zero-order chi connectivity index (χ0) is 16.6. The second-order valence-electron chi connectivity index (χ2n) is 6.40. The van der Waals surface area contributed by atoms with E-state index in [9.17, 15) is 4.79 Å². The summed E-state index contributed by atoms with van der Waals surface area (Å²) in [5.74, 6) is -0.285. The number of hydrogen-bond acceptors (Lipinski definition) is 3. The van der Waals surface area contributed by atoms with Gasteiger partial charge in [0.1, 0.15) is 6.61 Å². The lowest BCUT2D eigenvalue weighted by molar-refractivity contribution is -0.139. The fourth-order valence-electron chi connectivity index (χ4n) is 2.40. The van der Waals surface area contributed by atoms with Gasteiger partial charge in [0.2, 0.25) is 0 Å². The van der Waals surface area contributed by atoms with E-state index in [0.29, 0.717) is 12.2 Å². The second-order valence-corrected chi connectivity index (χ2v) is 6.40. The SMILES string of the molecule is C=C(C)C(=O)OCCN(C)CCCCCCCCCCCC. The van der Waals surface area contributed by atoms with E-state index in [1.165, 1.54) is 64.2 Å². The van der Waals surface area contributed by atoms with Gasteiger partial charge in [-0.3, -0.25) is 0 Å². The highest BCUT2D eigenvalue weighted by Gasteiger charge is 2.04. The van der Waals surface area contributed by atoms with E-state index < -0.39 is 0 Å². The fraction of sp³-hybridized carbons (Fsp3) is 0.842. The van der Waals surface area contributed by atoms with Crippen LogP contribution in [-0.2, 0) is 9.53 Å². The minimum absolute atomic E-state index is 0.285. The molecule has 0 aliphatic carbocycles. The topological polar surface area (TPSA) is 29.5 Å². The van der Waals surface area contributed by atoms with Crippen molar-refractivity contribution in [2.24, 2.45) is 0 Å². The van der Waals surface area contributed by atoms with Crippen LogP contribution in [0, 0.1) is 0 Å². The second kappa shape index (κ2) is 15.1. The smallest absolute Gasteiger partial charge is 0.333 e. The van der Waals surface area contributed by atoms with Gasteiger partial charge in [-0.15, -0.1) is 0 Å². The van der Waals surface area contributed by atoms with Crippen LogP contribution in [0.25, 0.3) is 0 Å². The van der Waals surface area contributed by atoms with Gasteiger partial charge in [0, 0.05) is 12.1 Å². The number of carbonyl (C=O) groups is 1. The van der Waals surface area contributed by atoms with Crippen molar-refractivity contribution in [3.05, 3.63) is 12.2 Å². The molecule has 0 unspecified atom stereocenters. The number of unbranched alkanes of at least 4 members (excludes halogenated alkanes) is 9. The number of likely N-dealkylation sites (N-methyl/N-ethyl adjacent to an activating group) is 1. The van der Waals surface area contributed by atoms with Crippen LogP contribution < -0.4 is 0 Å². The summed E-state index contributed by atoms with van der Waals surface area (Å²) in [6, 6.07) is 0. The normalized spacial score (nSPS) is 10.9. The van der Waals surface area contributed by atoms with Gasteiger partial charge in [0.15, 0.2) is 0 Å². The third-order valence-corrected chi connectivity index (χ3v) is 3.95. The Kier molecular flexibility index (Phi) is 14.5. The molecular formula is C19H37NO2. The first-order chi connectivity index (χ1) is 10.6. The summed E-state index contributed by atoms with van der Waals surface area (Å²) in [4.78, 5) is 13.5. The van der Waals surface area contributed by atoms with Gasteiger partial charge in [0.05, 0.1) is 0 Å². The van der Waals surface area contributed by atoms with Crippen molar-refractivity contribution in [1.29, 1.82) is 0 Å². The average molecular weight is 312 g/mol. The molecule has 0 heterocycles. The van der Waals surface area contributed by atoms with Crippen LogP contribution in [0.1, 0.15) is 78.1 Å². The molecule has 0 rings (SSSR count). The molecule has 3 heteroatoms. The van der Waals surface area contributed by atoms with Gasteiger partial charge in [-0.1, -0.05) is 71.3 Å². The van der Waals surface area contributed by atoms with Crippen molar-refractivity contribution in [2.75, 3.05) is 26.7 Å². The number of carbonyl (C=O) groups excluding carboxylic acids is 1. The largest absolute Gasteiger partial charge is 0.461 e. The molecule has 130 valence electrons. The maximum absolute atomic E-state index is 11.2. The Hall–Kier alpha value is -0.830. The van der Waals surface area contributed by atoms with Crippen LogP contribution in [0.2, 0.25) is 0 Å². The Bertz CT molecular complexity index is 289. The summed E-state index contributed by atoms with van der Waals surface area (Å²) in [5, 5.41) is 0. The number of ether oxygens (including phenoxy) is 1. The van der Waals surface area contributed by atoms with Gasteiger partial charge in [-0.05, 0) is 26.9 Å². The van der Waals surface area contributed by atoms with Crippen molar-refractivity contribution in [2.45, 2.75) is 78.1 Å². The van der Waals surface area contributed by atoms with Crippen LogP contribution in [0.3, 0.4) is 0 Å². The molecule has 22 heavy (non-hydrogen) atoms. The van der Waals surface area contributed by atoms with Crippen LogP contribution in [-0.4, -0.2) is 37.6 Å². The third kappa shape index (κ3) is 14.1. The van der Waals surface area contributed by atoms with E-state index in [1.54, 1.807) is 6.92 Å². The van der Waals surface area contributed by atoms with Gasteiger partial charge in [0.25, 0.3) is 0 Å². The third-order valence-electron chi connectivity index (χ3n) is 3.95. The number of rotatable bonds is 15. The molecule has 0 atom stereocenters. The fourth-order valence-corrected chi connectivity index (χ4v) is 2.40. The molecule has 0 radical (unpaired) electrons. The number of nitrogens with zero attached hydrogens (tertiary/aromatic N) is 1. The Morgan fingerprint density at radius 1 is 0.909 bits per heavy atom. The summed E-state index contributed by atoms with van der Waals surface area (Å²) < 4.78 is 5.09. The van der Waals surface area contributed by atoms with Gasteiger partial charge in [-0.25, -0.2) is 4.79 Å². The molecule has 0 amide bonds. The quantitative estimate of drug-likeness (QED) is 0.243. The number of hydrogen-bond donors (Lipinski definition) is 0. The molecule has 0 spiro atoms. The Morgan fingerprint density at radius 2 is 1.41 bits per heavy atom. The molecule has 0 fully saturated rings. The first-order valence-corrected chi connectivity index (χ1v) is 9.09. The van der Waals surface area contributed by atoms with Crippen molar-refractivity contribution in [3.63, 3.8) is 0 Å². The van der Waals surface area contributed by atoms with Gasteiger partial charge in [-0.2, -0.15) is 0 Å². The Morgan fingerprint density at radius 3 is 1.91 bits per heavy atom. The Labute approximate surface area is 138 Å². The first kappa shape index (κ1) is 21.2. The molecule has 0 aromatic carbocycles. The highest BCUT2D eigenvalue weighted by molar-refractivity contribution is 5.86. The van der Waals surface area contributed by atoms with Crippen molar-refractivity contribution >= 4 is 5.97 Å². The zero-order valence-electron chi connectivity index (χ0n) is 15.2. The minimum Gasteiger partial charge on any atom is -0.461 e. The molecule has 0 aromatic heterocycles. The molecular weight excluding hydrogens is 274 g/mol. The van der Waals surface area contributed by atoms with Crippen molar-refractivity contribution in [1.82, 2.24) is 4.90 Å². The molecule has 0 aromatic rings. The van der Waals surface area contributed by atoms with E-state index in [2.05, 4.69) is 25.5 Å². The van der Waals surface area contributed by atoms with E-state index >= 15 is 0 Å². The molecule has 0 aliphatic rings. The van der Waals surface area contributed by atoms with E-state index in [0.717, 1.165) is 13.1 Å². The highest BCUT2D eigenvalue weighted by atomic mass is 16.5. The highest BCUT2D eigenvalue weighted by Crippen LogP contribution is 2.10. The maximum Gasteiger partial charge on any atom is 0.333 e. The van der Waals surface area contributed by atoms with Crippen molar-refractivity contribution in [3.8, 4) is 0 Å². The summed E-state index contributed by atoms with van der Waals surface area (Å²) in [7, 11) is 2.09. The molecule has 0 saturated heterocycles. The lowest BCUT2D eigenvalue weighted by Gasteiger charge is -2.16. The standard InChI is InChI=1S/C19H37NO2/c1-5-6-7-8-9-10-11-12-13-14-15-20(4)16-17-22-19(21)18(2)3/h2,5-17H2,1,3-4H3. The first-order valence-electron chi connectivity index (χ1n) is 9.09. The summed E-state index contributed by atoms with van der Waals surface area (Å²) in [5.41, 5.74) is 0.470. The summed E-state index contributed by atoms with van der Waals surface area (Å²) >= 11 is 0. The zero-order valence-corrected chi connectivity index (χ0v) is 15.2. The van der Waals surface area contributed by atoms with Crippen LogP contribution in [0.5, 0.6) is 0 Å². The monoisotopic (exact) mass is 311 g/mol.